The van der Waals surface area contributed by atoms with Crippen LogP contribution in [0, 0.1) is 0 Å². The van der Waals surface area contributed by atoms with Gasteiger partial charge in [0, 0.05) is 0 Å². The summed E-state index contributed by atoms with van der Waals surface area (Å²) in [6.45, 7) is 0. The number of sulfonamides is 1. The molecule has 0 saturated heterocycles. The summed E-state index contributed by atoms with van der Waals surface area (Å²) >= 11 is 0. The molecule has 0 aliphatic rings. The second-order valence-corrected chi connectivity index (χ2v) is 6.28. The van der Waals surface area contributed by atoms with Crippen LogP contribution < -0.4 is 4.13 Å². The molecule has 0 fully saturated rings. The monoisotopic (exact) mass is 379 g/mol. The van der Waals surface area contributed by atoms with Gasteiger partial charge in [-0.2, -0.15) is 47.9 Å². The van der Waals surface area contributed by atoms with Crippen LogP contribution in [0.4, 0.5) is 39.5 Å². The maximum atomic E-state index is 11.9. The number of hydrogen-bond donors (Lipinski definition) is 1. The Morgan fingerprint density at radius 2 is 1.10 bits per heavy atom. The Labute approximate surface area is 110 Å². The van der Waals surface area contributed by atoms with E-state index in [-0.39, 0.29) is 0 Å². The van der Waals surface area contributed by atoms with Crippen molar-refractivity contribution in [2.75, 3.05) is 0 Å². The third kappa shape index (κ3) is 5.83. The molecule has 128 valence electrons. The maximum absolute atomic E-state index is 11.9. The summed E-state index contributed by atoms with van der Waals surface area (Å²) in [5, 5.41) is 0. The highest BCUT2D eigenvalue weighted by molar-refractivity contribution is 8.03. The predicted octanol–water partition coefficient (Wildman–Crippen LogP) is 1.18. The molecule has 1 N–H and O–H groups in total. The highest BCUT2D eigenvalue weighted by atomic mass is 32.3. The van der Waals surface area contributed by atoms with Crippen LogP contribution in [0.2, 0.25) is 0 Å². The first-order valence-electron chi connectivity index (χ1n) is 3.96. The molecule has 0 heterocycles. The van der Waals surface area contributed by atoms with Crippen molar-refractivity contribution < 1.29 is 60.5 Å². The van der Waals surface area contributed by atoms with Gasteiger partial charge in [0.15, 0.2) is 0 Å². The zero-order valence-electron chi connectivity index (χ0n) is 8.84. The Morgan fingerprint density at radius 3 is 1.33 bits per heavy atom. The van der Waals surface area contributed by atoms with Crippen molar-refractivity contribution in [3.63, 3.8) is 0 Å². The molecule has 17 heteroatoms. The average molecular weight is 379 g/mol. The molecule has 0 aromatic heterocycles. The van der Waals surface area contributed by atoms with E-state index in [0.717, 1.165) is 0 Å². The molecular weight excluding hydrogens is 377 g/mol. The first-order chi connectivity index (χ1) is 8.80. The van der Waals surface area contributed by atoms with Crippen LogP contribution in [0.5, 0.6) is 0 Å². The summed E-state index contributed by atoms with van der Waals surface area (Å²) < 4.78 is 150. The van der Waals surface area contributed by atoms with Crippen molar-refractivity contribution in [2.45, 2.75) is 24.0 Å². The fourth-order valence-corrected chi connectivity index (χ4v) is 2.70. The zero-order chi connectivity index (χ0) is 17.5. The van der Waals surface area contributed by atoms with Gasteiger partial charge in [-0.05, 0) is 0 Å². The topological polar surface area (TPSA) is 89.5 Å². The first kappa shape index (κ1) is 20.2. The van der Waals surface area contributed by atoms with E-state index in [1.807, 2.05) is 0 Å². The minimum atomic E-state index is -6.79. The normalized spacial score (nSPS) is 15.5. The van der Waals surface area contributed by atoms with Gasteiger partial charge in [0.2, 0.25) is 0 Å². The molecule has 0 amide bonds. The second kappa shape index (κ2) is 5.43. The van der Waals surface area contributed by atoms with Gasteiger partial charge in [-0.25, -0.2) is 12.6 Å². The van der Waals surface area contributed by atoms with Gasteiger partial charge in [-0.15, -0.1) is 0 Å². The van der Waals surface area contributed by atoms with Crippen LogP contribution >= 0.6 is 0 Å². The molecule has 21 heavy (non-hydrogen) atoms. The minimum Gasteiger partial charge on any atom is -0.235 e. The number of hydrogen-bond acceptors (Lipinski definition) is 5. The molecule has 0 aromatic carbocycles. The lowest BCUT2D eigenvalue weighted by atomic mass is 10.3. The predicted molar refractivity (Wildman–Crippen MR) is 44.0 cm³/mol. The molecule has 0 spiro atoms. The lowest BCUT2D eigenvalue weighted by molar-refractivity contribution is -0.299. The second-order valence-electron chi connectivity index (χ2n) is 3.05. The Balaban J connectivity index is 5.49. The SMILES string of the molecule is O=S(=O)(NS(=O)(=O)C(F)(F)F)OC(C(F)(F)F)C(F)(F)F. The van der Waals surface area contributed by atoms with Crippen molar-refractivity contribution in [2.24, 2.45) is 0 Å². The van der Waals surface area contributed by atoms with E-state index in [9.17, 15) is 56.3 Å². The lowest BCUT2D eigenvalue weighted by Crippen LogP contribution is -2.49. The quantitative estimate of drug-likeness (QED) is 0.741. The minimum absolute atomic E-state index is 0.456. The van der Waals surface area contributed by atoms with E-state index in [2.05, 4.69) is 4.18 Å². The third-order valence-corrected chi connectivity index (χ3v) is 4.08. The number of alkyl halides is 9. The fourth-order valence-electron chi connectivity index (χ4n) is 0.623. The molecule has 0 bridgehead atoms. The summed E-state index contributed by atoms with van der Waals surface area (Å²) in [5.41, 5.74) is -6.31. The van der Waals surface area contributed by atoms with Crippen molar-refractivity contribution >= 4 is 20.3 Å². The standard InChI is InChI=1S/C4H2F9NO5S2/c5-2(6,7)1(3(8,9)10)19-21(17,18)14-20(15,16)4(11,12)13/h1,14H. The lowest BCUT2D eigenvalue weighted by Gasteiger charge is -2.22. The van der Waals surface area contributed by atoms with Gasteiger partial charge >= 0.3 is 38.2 Å². The number of rotatable bonds is 4. The first-order valence-corrected chi connectivity index (χ1v) is 6.85. The van der Waals surface area contributed by atoms with E-state index in [1.165, 1.54) is 0 Å². The molecule has 0 rings (SSSR count). The third-order valence-electron chi connectivity index (χ3n) is 1.33. The summed E-state index contributed by atoms with van der Waals surface area (Å²) in [5.74, 6) is 0. The van der Waals surface area contributed by atoms with Crippen LogP contribution in [0.1, 0.15) is 0 Å². The molecule has 0 saturated carbocycles. The highest BCUT2D eigenvalue weighted by Crippen LogP contribution is 2.36. The van der Waals surface area contributed by atoms with Gasteiger partial charge in [0.1, 0.15) is 0 Å². The van der Waals surface area contributed by atoms with Crippen LogP contribution in [0.15, 0.2) is 0 Å². The van der Waals surface area contributed by atoms with Gasteiger partial charge in [0.25, 0.3) is 6.10 Å². The van der Waals surface area contributed by atoms with Crippen molar-refractivity contribution in [3.05, 3.63) is 0 Å². The van der Waals surface area contributed by atoms with Gasteiger partial charge in [0.05, 0.1) is 0 Å². The molecular formula is C4H2F9NO5S2. The summed E-state index contributed by atoms with van der Waals surface area (Å²) in [6, 6.07) is 0. The van der Waals surface area contributed by atoms with Crippen molar-refractivity contribution in [1.29, 1.82) is 0 Å². The summed E-state index contributed by atoms with van der Waals surface area (Å²) in [6.07, 6.45) is -17.8. The van der Waals surface area contributed by atoms with Crippen LogP contribution in [-0.4, -0.2) is 40.8 Å². The molecule has 0 atom stereocenters. The van der Waals surface area contributed by atoms with Gasteiger partial charge in [-0.3, -0.25) is 0 Å². The van der Waals surface area contributed by atoms with Crippen LogP contribution in [0.3, 0.4) is 0 Å². The molecule has 0 aliphatic heterocycles. The van der Waals surface area contributed by atoms with E-state index in [4.69, 9.17) is 0 Å². The smallest absolute Gasteiger partial charge is 0.235 e. The molecule has 6 nitrogen and oxygen atoms in total. The molecule has 0 unspecified atom stereocenters. The van der Waals surface area contributed by atoms with Crippen LogP contribution in [0.25, 0.3) is 0 Å². The molecule has 0 aromatic rings. The Kier molecular flexibility index (Phi) is 5.22. The van der Waals surface area contributed by atoms with E-state index < -0.39 is 48.4 Å². The van der Waals surface area contributed by atoms with Crippen LogP contribution in [-0.2, 0) is 24.5 Å². The number of halogens is 9. The van der Waals surface area contributed by atoms with Crippen molar-refractivity contribution in [3.8, 4) is 0 Å². The van der Waals surface area contributed by atoms with E-state index >= 15 is 0 Å². The number of nitrogens with one attached hydrogen (secondary N) is 1. The molecule has 0 aliphatic carbocycles. The summed E-state index contributed by atoms with van der Waals surface area (Å²) in [4.78, 5) is 0. The zero-order valence-corrected chi connectivity index (χ0v) is 10.5. The largest absolute Gasteiger partial charge is 0.512 e. The Bertz CT molecular complexity index is 555. The van der Waals surface area contributed by atoms with E-state index in [1.54, 1.807) is 0 Å². The average Bonchev–Trinajstić information content (AvgIpc) is 2.06. The van der Waals surface area contributed by atoms with E-state index in [0.29, 0.717) is 0 Å². The highest BCUT2D eigenvalue weighted by Gasteiger charge is 2.61. The van der Waals surface area contributed by atoms with Crippen molar-refractivity contribution in [1.82, 2.24) is 4.13 Å². The molecule has 0 radical (unpaired) electrons. The Morgan fingerprint density at radius 1 is 0.762 bits per heavy atom. The van der Waals surface area contributed by atoms with Gasteiger partial charge in [-0.1, -0.05) is 4.13 Å². The van der Waals surface area contributed by atoms with Gasteiger partial charge < -0.3 is 0 Å². The maximum Gasteiger partial charge on any atom is 0.512 e. The summed E-state index contributed by atoms with van der Waals surface area (Å²) in [7, 11) is -13.4. The Hall–Kier alpha value is -0.810. The fraction of sp³-hybridized carbons (Fsp3) is 1.00.